The van der Waals surface area contributed by atoms with Gasteiger partial charge in [-0.1, -0.05) is 25.3 Å². The molecule has 18 heavy (non-hydrogen) atoms. The lowest BCUT2D eigenvalue weighted by atomic mass is 9.77. The van der Waals surface area contributed by atoms with Gasteiger partial charge in [0.1, 0.15) is 5.52 Å². The lowest BCUT2D eigenvalue weighted by molar-refractivity contribution is 0.336. The van der Waals surface area contributed by atoms with E-state index < -0.39 is 0 Å². The maximum Gasteiger partial charge on any atom is 0.181 e. The van der Waals surface area contributed by atoms with Crippen molar-refractivity contribution in [2.45, 2.75) is 38.0 Å². The lowest BCUT2D eigenvalue weighted by Crippen LogP contribution is -2.15. The van der Waals surface area contributed by atoms with E-state index in [0.717, 1.165) is 16.7 Å². The minimum absolute atomic E-state index is 0.00593. The van der Waals surface area contributed by atoms with Gasteiger partial charge < -0.3 is 4.42 Å². The molecule has 1 heterocycles. The van der Waals surface area contributed by atoms with Crippen LogP contribution < -0.4 is 0 Å². The van der Waals surface area contributed by atoms with Gasteiger partial charge in [0.2, 0.25) is 0 Å². The van der Waals surface area contributed by atoms with E-state index in [0.29, 0.717) is 5.92 Å². The number of oxazole rings is 1. The molecule has 1 aliphatic carbocycles. The normalized spacial score (nSPS) is 18.6. The third-order valence-electron chi connectivity index (χ3n) is 3.97. The Kier molecular flexibility index (Phi) is 3.02. The highest BCUT2D eigenvalue weighted by atomic mass is 16.3. The average Bonchev–Trinajstić information content (AvgIpc) is 2.88. The van der Waals surface area contributed by atoms with Crippen LogP contribution in [0.4, 0.5) is 0 Å². The van der Waals surface area contributed by atoms with Crippen molar-refractivity contribution in [1.29, 1.82) is 5.26 Å². The summed E-state index contributed by atoms with van der Waals surface area (Å²) in [5.41, 5.74) is 2.73. The van der Waals surface area contributed by atoms with Crippen molar-refractivity contribution in [3.05, 3.63) is 30.2 Å². The summed E-state index contributed by atoms with van der Waals surface area (Å²) in [6, 6.07) is 8.42. The number of rotatable bonds is 2. The van der Waals surface area contributed by atoms with Gasteiger partial charge in [-0.25, -0.2) is 4.98 Å². The Morgan fingerprint density at radius 2 is 2.11 bits per heavy atom. The van der Waals surface area contributed by atoms with Crippen molar-refractivity contribution in [2.24, 2.45) is 5.92 Å². The smallest absolute Gasteiger partial charge is 0.181 e. The van der Waals surface area contributed by atoms with Crippen molar-refractivity contribution in [3.8, 4) is 6.07 Å². The SMILES string of the molecule is N#CC(c1ccc2ocnc2c1)C1CCCCC1. The molecule has 0 aliphatic heterocycles. The van der Waals surface area contributed by atoms with E-state index in [2.05, 4.69) is 11.1 Å². The number of hydrogen-bond donors (Lipinski definition) is 0. The molecule has 1 atom stereocenters. The van der Waals surface area contributed by atoms with Gasteiger partial charge in [0, 0.05) is 0 Å². The van der Waals surface area contributed by atoms with E-state index >= 15 is 0 Å². The second-order valence-corrected chi connectivity index (χ2v) is 5.08. The second-order valence-electron chi connectivity index (χ2n) is 5.08. The quantitative estimate of drug-likeness (QED) is 0.796. The summed E-state index contributed by atoms with van der Waals surface area (Å²) in [5.74, 6) is 0.513. The van der Waals surface area contributed by atoms with Gasteiger partial charge in [-0.05, 0) is 36.5 Å². The van der Waals surface area contributed by atoms with Crippen LogP contribution in [0.15, 0.2) is 29.0 Å². The number of hydrogen-bond acceptors (Lipinski definition) is 3. The Bertz CT molecular complexity index is 575. The highest BCUT2D eigenvalue weighted by Gasteiger charge is 2.25. The molecule has 3 nitrogen and oxygen atoms in total. The van der Waals surface area contributed by atoms with E-state index in [4.69, 9.17) is 4.42 Å². The molecule has 0 bridgehead atoms. The molecule has 0 saturated heterocycles. The highest BCUT2D eigenvalue weighted by molar-refractivity contribution is 5.73. The number of nitriles is 1. The van der Waals surface area contributed by atoms with Crippen LogP contribution in [0.3, 0.4) is 0 Å². The summed E-state index contributed by atoms with van der Waals surface area (Å²) >= 11 is 0. The van der Waals surface area contributed by atoms with Crippen LogP contribution in [0.5, 0.6) is 0 Å². The van der Waals surface area contributed by atoms with Crippen molar-refractivity contribution in [2.75, 3.05) is 0 Å². The van der Waals surface area contributed by atoms with Crippen LogP contribution in [-0.4, -0.2) is 4.98 Å². The molecule has 2 aromatic rings. The van der Waals surface area contributed by atoms with Gasteiger partial charge >= 0.3 is 0 Å². The number of fused-ring (bicyclic) bond motifs is 1. The first-order chi connectivity index (χ1) is 8.88. The molecule has 1 aromatic heterocycles. The third-order valence-corrected chi connectivity index (χ3v) is 3.97. The van der Waals surface area contributed by atoms with Gasteiger partial charge in [-0.3, -0.25) is 0 Å². The van der Waals surface area contributed by atoms with E-state index in [1.54, 1.807) is 0 Å². The topological polar surface area (TPSA) is 49.8 Å². The summed E-state index contributed by atoms with van der Waals surface area (Å²) in [7, 11) is 0. The fraction of sp³-hybridized carbons (Fsp3) is 0.467. The van der Waals surface area contributed by atoms with E-state index in [9.17, 15) is 5.26 Å². The summed E-state index contributed by atoms with van der Waals surface area (Å²) in [6.07, 6.45) is 7.64. The summed E-state index contributed by atoms with van der Waals surface area (Å²) in [6.45, 7) is 0. The molecule has 1 saturated carbocycles. The van der Waals surface area contributed by atoms with Gasteiger partial charge in [-0.15, -0.1) is 0 Å². The Labute approximate surface area is 106 Å². The molecule has 0 N–H and O–H groups in total. The van der Waals surface area contributed by atoms with E-state index in [-0.39, 0.29) is 5.92 Å². The molecule has 1 aromatic carbocycles. The summed E-state index contributed by atoms with van der Waals surface area (Å²) < 4.78 is 5.24. The maximum absolute atomic E-state index is 9.46. The minimum Gasteiger partial charge on any atom is -0.443 e. The molecular formula is C15H16N2O. The highest BCUT2D eigenvalue weighted by Crippen LogP contribution is 2.36. The van der Waals surface area contributed by atoms with Crippen molar-refractivity contribution >= 4 is 11.1 Å². The van der Waals surface area contributed by atoms with Crippen LogP contribution in [0.25, 0.3) is 11.1 Å². The fourth-order valence-corrected chi connectivity index (χ4v) is 2.99. The number of aromatic nitrogens is 1. The Morgan fingerprint density at radius 1 is 1.28 bits per heavy atom. The zero-order chi connectivity index (χ0) is 12.4. The van der Waals surface area contributed by atoms with Crippen LogP contribution in [-0.2, 0) is 0 Å². The summed E-state index contributed by atoms with van der Waals surface area (Å²) in [5, 5.41) is 9.46. The molecule has 3 heteroatoms. The second kappa shape index (κ2) is 4.81. The standard InChI is InChI=1S/C15H16N2O/c16-9-13(11-4-2-1-3-5-11)12-6-7-15-14(8-12)17-10-18-15/h6-8,10-11,13H,1-5H2. The third kappa shape index (κ3) is 1.99. The van der Waals surface area contributed by atoms with Crippen LogP contribution >= 0.6 is 0 Å². The molecule has 0 radical (unpaired) electrons. The lowest BCUT2D eigenvalue weighted by Gasteiger charge is -2.25. The predicted octanol–water partition coefficient (Wildman–Crippen LogP) is 4.02. The first-order valence-corrected chi connectivity index (χ1v) is 6.61. The summed E-state index contributed by atoms with van der Waals surface area (Å²) in [4.78, 5) is 4.17. The van der Waals surface area contributed by atoms with Crippen LogP contribution in [0.1, 0.15) is 43.6 Å². The molecule has 1 unspecified atom stereocenters. The monoisotopic (exact) mass is 240 g/mol. The van der Waals surface area contributed by atoms with Crippen LogP contribution in [0.2, 0.25) is 0 Å². The maximum atomic E-state index is 9.46. The molecule has 92 valence electrons. The van der Waals surface area contributed by atoms with E-state index in [1.165, 1.54) is 38.5 Å². The molecular weight excluding hydrogens is 224 g/mol. The van der Waals surface area contributed by atoms with Crippen molar-refractivity contribution < 1.29 is 4.42 Å². The van der Waals surface area contributed by atoms with Gasteiger partial charge in [0.05, 0.1) is 12.0 Å². The van der Waals surface area contributed by atoms with Crippen molar-refractivity contribution in [1.82, 2.24) is 4.98 Å². The Morgan fingerprint density at radius 3 is 2.89 bits per heavy atom. The van der Waals surface area contributed by atoms with Crippen molar-refractivity contribution in [3.63, 3.8) is 0 Å². The number of nitrogens with zero attached hydrogens (tertiary/aromatic N) is 2. The predicted molar refractivity (Wildman–Crippen MR) is 68.9 cm³/mol. The van der Waals surface area contributed by atoms with Gasteiger partial charge in [0.15, 0.2) is 12.0 Å². The molecule has 0 spiro atoms. The fourth-order valence-electron chi connectivity index (χ4n) is 2.99. The minimum atomic E-state index is 0.00593. The van der Waals surface area contributed by atoms with Gasteiger partial charge in [0.25, 0.3) is 0 Å². The molecule has 3 rings (SSSR count). The molecule has 1 fully saturated rings. The zero-order valence-electron chi connectivity index (χ0n) is 10.3. The largest absolute Gasteiger partial charge is 0.443 e. The Balaban J connectivity index is 1.92. The molecule has 1 aliphatic rings. The first-order valence-electron chi connectivity index (χ1n) is 6.61. The van der Waals surface area contributed by atoms with Gasteiger partial charge in [-0.2, -0.15) is 5.26 Å². The average molecular weight is 240 g/mol. The zero-order valence-corrected chi connectivity index (χ0v) is 10.3. The Hall–Kier alpha value is -1.82. The van der Waals surface area contributed by atoms with E-state index in [1.807, 2.05) is 18.2 Å². The number of benzene rings is 1. The molecule has 0 amide bonds. The van der Waals surface area contributed by atoms with Crippen LogP contribution in [0, 0.1) is 17.2 Å². The first kappa shape index (κ1) is 11.3.